The van der Waals surface area contributed by atoms with Gasteiger partial charge in [0.05, 0.1) is 18.8 Å². The Hall–Kier alpha value is -3.31. The molecule has 9 nitrogen and oxygen atoms in total. The van der Waals surface area contributed by atoms with Gasteiger partial charge in [0.1, 0.15) is 0 Å². The molecular formula is C28H31N3O6S. The van der Waals surface area contributed by atoms with Crippen LogP contribution in [-0.4, -0.2) is 43.9 Å². The SMILES string of the molecule is CC1C(CSc2ncccn2)OC(c2ccc(NC(=O)CCCC(=O)O)cc2)OC1c1ccc(CO)cc1. The van der Waals surface area contributed by atoms with Crippen LogP contribution in [0.25, 0.3) is 0 Å². The molecule has 1 saturated heterocycles. The number of thioether (sulfide) groups is 1. The molecule has 0 bridgehead atoms. The molecule has 3 N–H and O–H groups in total. The van der Waals surface area contributed by atoms with Crippen molar-refractivity contribution in [2.75, 3.05) is 11.1 Å². The minimum Gasteiger partial charge on any atom is -0.481 e. The van der Waals surface area contributed by atoms with E-state index in [9.17, 15) is 14.7 Å². The first-order valence-corrected chi connectivity index (χ1v) is 13.4. The van der Waals surface area contributed by atoms with E-state index < -0.39 is 12.3 Å². The lowest BCUT2D eigenvalue weighted by Gasteiger charge is -2.41. The average Bonchev–Trinajstić information content (AvgIpc) is 2.93. The van der Waals surface area contributed by atoms with Gasteiger partial charge in [-0.05, 0) is 35.7 Å². The molecule has 3 aromatic rings. The number of benzene rings is 2. The van der Waals surface area contributed by atoms with Crippen LogP contribution in [0.4, 0.5) is 5.69 Å². The molecule has 4 unspecified atom stereocenters. The van der Waals surface area contributed by atoms with Crippen molar-refractivity contribution in [3.05, 3.63) is 83.7 Å². The lowest BCUT2D eigenvalue weighted by atomic mass is 9.91. The summed E-state index contributed by atoms with van der Waals surface area (Å²) < 4.78 is 12.9. The average molecular weight is 538 g/mol. The Balaban J connectivity index is 1.47. The number of carbonyl (C=O) groups is 2. The maximum absolute atomic E-state index is 12.1. The van der Waals surface area contributed by atoms with Gasteiger partial charge in [-0.1, -0.05) is 55.1 Å². The van der Waals surface area contributed by atoms with E-state index in [0.717, 1.165) is 16.7 Å². The third-order valence-corrected chi connectivity index (χ3v) is 7.27. The van der Waals surface area contributed by atoms with Crippen LogP contribution >= 0.6 is 11.8 Å². The Morgan fingerprint density at radius 2 is 1.66 bits per heavy atom. The van der Waals surface area contributed by atoms with Crippen molar-refractivity contribution in [3.63, 3.8) is 0 Å². The van der Waals surface area contributed by atoms with Crippen LogP contribution < -0.4 is 5.32 Å². The van der Waals surface area contributed by atoms with Gasteiger partial charge < -0.3 is 25.0 Å². The molecule has 0 spiro atoms. The van der Waals surface area contributed by atoms with Crippen LogP contribution in [0, 0.1) is 5.92 Å². The van der Waals surface area contributed by atoms with E-state index in [1.54, 1.807) is 30.6 Å². The number of carboxylic acids is 1. The molecule has 2 heterocycles. The summed E-state index contributed by atoms with van der Waals surface area (Å²) in [6.45, 7) is 2.08. The highest BCUT2D eigenvalue weighted by Crippen LogP contribution is 2.42. The zero-order chi connectivity index (χ0) is 26.9. The number of aliphatic hydroxyl groups excluding tert-OH is 1. The van der Waals surface area contributed by atoms with Gasteiger partial charge in [-0.2, -0.15) is 0 Å². The summed E-state index contributed by atoms with van der Waals surface area (Å²) in [5.74, 6) is -0.475. The van der Waals surface area contributed by atoms with Crippen LogP contribution in [0.5, 0.6) is 0 Å². The quantitative estimate of drug-likeness (QED) is 0.234. The van der Waals surface area contributed by atoms with Crippen molar-refractivity contribution >= 4 is 29.3 Å². The van der Waals surface area contributed by atoms with Crippen LogP contribution in [0.3, 0.4) is 0 Å². The van der Waals surface area contributed by atoms with Crippen LogP contribution in [0.1, 0.15) is 55.3 Å². The molecule has 1 aliphatic heterocycles. The van der Waals surface area contributed by atoms with Crippen molar-refractivity contribution in [2.24, 2.45) is 5.92 Å². The fraction of sp³-hybridized carbons (Fsp3) is 0.357. The third kappa shape index (κ3) is 7.61. The van der Waals surface area contributed by atoms with Crippen molar-refractivity contribution in [1.82, 2.24) is 9.97 Å². The normalized spacial score (nSPS) is 21.1. The summed E-state index contributed by atoms with van der Waals surface area (Å²) in [5.41, 5.74) is 3.25. The second kappa shape index (κ2) is 13.5. The molecule has 1 amide bonds. The summed E-state index contributed by atoms with van der Waals surface area (Å²) in [5, 5.41) is 21.6. The Kier molecular flexibility index (Phi) is 9.83. The van der Waals surface area contributed by atoms with Gasteiger partial charge in [-0.25, -0.2) is 9.97 Å². The Morgan fingerprint density at radius 1 is 0.974 bits per heavy atom. The van der Waals surface area contributed by atoms with Gasteiger partial charge in [0.15, 0.2) is 11.4 Å². The standard InChI is InChI=1S/C28H31N3O6S/c1-18-23(17-38-28-29-14-3-15-30-28)36-27(37-26(18)20-8-6-19(16-32)7-9-20)21-10-12-22(13-11-21)31-24(33)4-2-5-25(34)35/h3,6-15,18,23,26-27,32H,2,4-5,16-17H2,1H3,(H,31,33)(H,34,35). The largest absolute Gasteiger partial charge is 0.481 e. The maximum Gasteiger partial charge on any atom is 0.303 e. The number of hydrogen-bond donors (Lipinski definition) is 3. The van der Waals surface area contributed by atoms with Crippen LogP contribution in [-0.2, 0) is 25.7 Å². The van der Waals surface area contributed by atoms with Gasteiger partial charge in [0, 0.05) is 48.2 Å². The zero-order valence-electron chi connectivity index (χ0n) is 21.0. The van der Waals surface area contributed by atoms with Gasteiger partial charge >= 0.3 is 5.97 Å². The second-order valence-corrected chi connectivity index (χ2v) is 10.1. The summed E-state index contributed by atoms with van der Waals surface area (Å²) >= 11 is 1.53. The number of aliphatic hydroxyl groups is 1. The number of carboxylic acid groups (broad SMARTS) is 1. The monoisotopic (exact) mass is 537 g/mol. The summed E-state index contributed by atoms with van der Waals surface area (Å²) in [4.78, 5) is 31.4. The summed E-state index contributed by atoms with van der Waals surface area (Å²) in [7, 11) is 0. The minimum absolute atomic E-state index is 0.0219. The number of ether oxygens (including phenoxy) is 2. The van der Waals surface area contributed by atoms with E-state index in [1.807, 2.05) is 36.4 Å². The molecule has 1 aliphatic rings. The molecule has 0 saturated carbocycles. The fourth-order valence-corrected chi connectivity index (χ4v) is 5.14. The van der Waals surface area contributed by atoms with E-state index >= 15 is 0 Å². The second-order valence-electron chi connectivity index (χ2n) is 9.08. The number of carbonyl (C=O) groups excluding carboxylic acids is 1. The fourth-order valence-electron chi connectivity index (χ4n) is 4.17. The maximum atomic E-state index is 12.1. The number of rotatable bonds is 11. The predicted octanol–water partition coefficient (Wildman–Crippen LogP) is 4.75. The topological polar surface area (TPSA) is 131 Å². The van der Waals surface area contributed by atoms with E-state index in [4.69, 9.17) is 14.6 Å². The number of nitrogens with zero attached hydrogens (tertiary/aromatic N) is 2. The third-order valence-electron chi connectivity index (χ3n) is 6.30. The van der Waals surface area contributed by atoms with Crippen LogP contribution in [0.15, 0.2) is 72.1 Å². The molecule has 10 heteroatoms. The Bertz CT molecular complexity index is 1190. The van der Waals surface area contributed by atoms with Crippen molar-refractivity contribution < 1.29 is 29.3 Å². The summed E-state index contributed by atoms with van der Waals surface area (Å²) in [6.07, 6.45) is 2.79. The number of aromatic nitrogens is 2. The molecule has 0 radical (unpaired) electrons. The molecule has 1 fully saturated rings. The lowest BCUT2D eigenvalue weighted by Crippen LogP contribution is -2.38. The Labute approximate surface area is 225 Å². The molecule has 1 aromatic heterocycles. The first-order chi connectivity index (χ1) is 18.4. The number of nitrogens with one attached hydrogen (secondary N) is 1. The highest BCUT2D eigenvalue weighted by atomic mass is 32.2. The number of aliphatic carboxylic acids is 1. The molecular weight excluding hydrogens is 506 g/mol. The van der Waals surface area contributed by atoms with Gasteiger partial charge in [0.25, 0.3) is 0 Å². The smallest absolute Gasteiger partial charge is 0.303 e. The summed E-state index contributed by atoms with van der Waals surface area (Å²) in [6, 6.07) is 16.8. The molecule has 4 atom stereocenters. The molecule has 2 aromatic carbocycles. The molecule has 0 aliphatic carbocycles. The van der Waals surface area contributed by atoms with Gasteiger partial charge in [0.2, 0.25) is 5.91 Å². The van der Waals surface area contributed by atoms with Crippen molar-refractivity contribution in [1.29, 1.82) is 0 Å². The zero-order valence-corrected chi connectivity index (χ0v) is 21.8. The number of anilines is 1. The highest BCUT2D eigenvalue weighted by Gasteiger charge is 2.38. The predicted molar refractivity (Wildman–Crippen MR) is 142 cm³/mol. The van der Waals surface area contributed by atoms with E-state index in [1.165, 1.54) is 11.8 Å². The van der Waals surface area contributed by atoms with E-state index in [0.29, 0.717) is 16.6 Å². The minimum atomic E-state index is -0.917. The van der Waals surface area contributed by atoms with E-state index in [2.05, 4.69) is 22.2 Å². The number of amides is 1. The van der Waals surface area contributed by atoms with Gasteiger partial charge in [-0.3, -0.25) is 9.59 Å². The van der Waals surface area contributed by atoms with Gasteiger partial charge in [-0.15, -0.1) is 0 Å². The molecule has 4 rings (SSSR count). The van der Waals surface area contributed by atoms with E-state index in [-0.39, 0.29) is 49.9 Å². The van der Waals surface area contributed by atoms with Crippen LogP contribution in [0.2, 0.25) is 0 Å². The van der Waals surface area contributed by atoms with Crippen molar-refractivity contribution in [2.45, 2.75) is 56.4 Å². The highest BCUT2D eigenvalue weighted by molar-refractivity contribution is 7.99. The molecule has 38 heavy (non-hydrogen) atoms. The first-order valence-electron chi connectivity index (χ1n) is 12.4. The Morgan fingerprint density at radius 3 is 2.32 bits per heavy atom. The number of hydrogen-bond acceptors (Lipinski definition) is 8. The molecule has 200 valence electrons. The first kappa shape index (κ1) is 27.7. The lowest BCUT2D eigenvalue weighted by molar-refractivity contribution is -0.268. The van der Waals surface area contributed by atoms with Crippen molar-refractivity contribution in [3.8, 4) is 0 Å².